The largest absolute Gasteiger partial charge is 0.326 e. The second-order valence-corrected chi connectivity index (χ2v) is 9.97. The predicted octanol–water partition coefficient (Wildman–Crippen LogP) is 4.16. The van der Waals surface area contributed by atoms with E-state index in [4.69, 9.17) is 0 Å². The number of anilines is 2. The lowest BCUT2D eigenvalue weighted by molar-refractivity contribution is -0.136. The zero-order valence-electron chi connectivity index (χ0n) is 18.5. The van der Waals surface area contributed by atoms with Crippen molar-refractivity contribution in [3.63, 3.8) is 0 Å². The average molecular weight is 494 g/mol. The Morgan fingerprint density at radius 1 is 1.06 bits per heavy atom. The van der Waals surface area contributed by atoms with Crippen LogP contribution >= 0.6 is 23.1 Å². The number of nitrogens with one attached hydrogen (secondary N) is 1. The number of thiophene rings is 1. The quantitative estimate of drug-likeness (QED) is 0.376. The van der Waals surface area contributed by atoms with E-state index in [0.29, 0.717) is 11.4 Å². The second kappa shape index (κ2) is 10.7. The van der Waals surface area contributed by atoms with Crippen molar-refractivity contribution in [1.29, 1.82) is 0 Å². The Morgan fingerprint density at radius 2 is 1.79 bits per heavy atom. The zero-order valence-corrected chi connectivity index (χ0v) is 20.1. The van der Waals surface area contributed by atoms with Gasteiger partial charge in [0.15, 0.2) is 0 Å². The molecule has 2 aromatic carbocycles. The SMILES string of the molecule is CC(=O)Nc1ccc(N2C(=O)CC(N(Cc3ccccc3)C(=O)CSc3cccs3)C2=O)cc1. The normalized spacial score (nSPS) is 15.4. The molecule has 1 aromatic heterocycles. The van der Waals surface area contributed by atoms with Gasteiger partial charge in [-0.05, 0) is 41.3 Å². The van der Waals surface area contributed by atoms with E-state index in [1.807, 2.05) is 47.8 Å². The topological polar surface area (TPSA) is 86.8 Å². The predicted molar refractivity (Wildman–Crippen MR) is 134 cm³/mol. The van der Waals surface area contributed by atoms with Crippen LogP contribution in [0, 0.1) is 0 Å². The maximum atomic E-state index is 13.4. The lowest BCUT2D eigenvalue weighted by atomic mass is 10.1. The number of imide groups is 1. The fourth-order valence-electron chi connectivity index (χ4n) is 3.74. The van der Waals surface area contributed by atoms with Gasteiger partial charge in [0.25, 0.3) is 5.91 Å². The monoisotopic (exact) mass is 493 g/mol. The molecule has 3 aromatic rings. The highest BCUT2D eigenvalue weighted by molar-refractivity contribution is 8.01. The Bertz CT molecular complexity index is 1180. The van der Waals surface area contributed by atoms with Crippen molar-refractivity contribution in [3.8, 4) is 0 Å². The van der Waals surface area contributed by atoms with Gasteiger partial charge in [-0.3, -0.25) is 19.2 Å². The summed E-state index contributed by atoms with van der Waals surface area (Å²) in [7, 11) is 0. The molecule has 1 fully saturated rings. The Kier molecular flexibility index (Phi) is 7.44. The van der Waals surface area contributed by atoms with Gasteiger partial charge in [-0.15, -0.1) is 23.1 Å². The summed E-state index contributed by atoms with van der Waals surface area (Å²) in [6, 6.07) is 18.9. The Labute approximate surface area is 205 Å². The smallest absolute Gasteiger partial charge is 0.257 e. The first kappa shape index (κ1) is 23.7. The first-order chi connectivity index (χ1) is 16.4. The third-order valence-electron chi connectivity index (χ3n) is 5.29. The summed E-state index contributed by atoms with van der Waals surface area (Å²) in [5, 5.41) is 4.61. The van der Waals surface area contributed by atoms with Gasteiger partial charge in [-0.2, -0.15) is 0 Å². The van der Waals surface area contributed by atoms with E-state index in [0.717, 1.165) is 14.7 Å². The molecule has 0 radical (unpaired) electrons. The van der Waals surface area contributed by atoms with Crippen LogP contribution in [-0.2, 0) is 25.7 Å². The fourth-order valence-corrected chi connectivity index (χ4v) is 5.41. The van der Waals surface area contributed by atoms with Crippen molar-refractivity contribution in [3.05, 3.63) is 77.7 Å². The van der Waals surface area contributed by atoms with Gasteiger partial charge in [-0.25, -0.2) is 4.90 Å². The van der Waals surface area contributed by atoms with Crippen LogP contribution in [0.3, 0.4) is 0 Å². The zero-order chi connectivity index (χ0) is 24.1. The molecule has 1 aliphatic rings. The fraction of sp³-hybridized carbons (Fsp3) is 0.200. The number of nitrogens with zero attached hydrogens (tertiary/aromatic N) is 2. The van der Waals surface area contributed by atoms with E-state index >= 15 is 0 Å². The molecule has 1 aliphatic heterocycles. The van der Waals surface area contributed by atoms with Crippen molar-refractivity contribution in [2.75, 3.05) is 16.0 Å². The average Bonchev–Trinajstić information content (AvgIpc) is 3.44. The molecule has 0 aliphatic carbocycles. The van der Waals surface area contributed by atoms with Crippen molar-refractivity contribution in [2.45, 2.75) is 30.1 Å². The third-order valence-corrected chi connectivity index (χ3v) is 7.41. The summed E-state index contributed by atoms with van der Waals surface area (Å²) in [6.07, 6.45) is -0.0749. The number of carbonyl (C=O) groups excluding carboxylic acids is 4. The van der Waals surface area contributed by atoms with Gasteiger partial charge in [0.1, 0.15) is 6.04 Å². The van der Waals surface area contributed by atoms with E-state index < -0.39 is 11.9 Å². The number of rotatable bonds is 8. The summed E-state index contributed by atoms with van der Waals surface area (Å²) in [5.74, 6) is -1.02. The van der Waals surface area contributed by atoms with Crippen LogP contribution in [0.25, 0.3) is 0 Å². The molecule has 1 unspecified atom stereocenters. The molecule has 2 heterocycles. The molecule has 4 rings (SSSR count). The lowest BCUT2D eigenvalue weighted by Crippen LogP contribution is -2.45. The third kappa shape index (κ3) is 5.55. The molecule has 34 heavy (non-hydrogen) atoms. The van der Waals surface area contributed by atoms with Crippen LogP contribution in [0.1, 0.15) is 18.9 Å². The van der Waals surface area contributed by atoms with E-state index in [9.17, 15) is 19.2 Å². The molecule has 9 heteroatoms. The Morgan fingerprint density at radius 3 is 2.44 bits per heavy atom. The summed E-state index contributed by atoms with van der Waals surface area (Å²) in [6.45, 7) is 1.64. The summed E-state index contributed by atoms with van der Waals surface area (Å²) < 4.78 is 1.02. The van der Waals surface area contributed by atoms with Crippen LogP contribution in [0.15, 0.2) is 76.3 Å². The Hall–Kier alpha value is -3.43. The van der Waals surface area contributed by atoms with Crippen LogP contribution in [0.5, 0.6) is 0 Å². The number of hydrogen-bond acceptors (Lipinski definition) is 6. The highest BCUT2D eigenvalue weighted by Crippen LogP contribution is 2.29. The van der Waals surface area contributed by atoms with E-state index in [2.05, 4.69) is 5.32 Å². The molecular weight excluding hydrogens is 470 g/mol. The van der Waals surface area contributed by atoms with E-state index in [-0.39, 0.29) is 36.4 Å². The molecule has 1 saturated heterocycles. The number of thioether (sulfide) groups is 1. The number of carbonyl (C=O) groups is 4. The van der Waals surface area contributed by atoms with Gasteiger partial charge in [0.05, 0.1) is 22.1 Å². The van der Waals surface area contributed by atoms with Gasteiger partial charge in [0.2, 0.25) is 17.7 Å². The van der Waals surface area contributed by atoms with Crippen LogP contribution in [0.4, 0.5) is 11.4 Å². The maximum Gasteiger partial charge on any atom is 0.257 e. The minimum atomic E-state index is -0.876. The number of hydrogen-bond donors (Lipinski definition) is 1. The minimum absolute atomic E-state index is 0.0749. The highest BCUT2D eigenvalue weighted by Gasteiger charge is 2.44. The Balaban J connectivity index is 1.55. The summed E-state index contributed by atoms with van der Waals surface area (Å²) >= 11 is 2.97. The van der Waals surface area contributed by atoms with Gasteiger partial charge in [0, 0.05) is 19.2 Å². The first-order valence-corrected chi connectivity index (χ1v) is 12.5. The lowest BCUT2D eigenvalue weighted by Gasteiger charge is -2.27. The van der Waals surface area contributed by atoms with E-state index in [1.54, 1.807) is 35.6 Å². The number of amides is 4. The standard InChI is InChI=1S/C25H23N3O4S2/c1-17(29)26-19-9-11-20(12-10-19)28-22(30)14-21(25(28)32)27(15-18-6-3-2-4-7-18)23(31)16-34-24-8-5-13-33-24/h2-13,21H,14-16H2,1H3,(H,26,29). The molecule has 1 N–H and O–H groups in total. The van der Waals surface area contributed by atoms with Crippen molar-refractivity contribution < 1.29 is 19.2 Å². The van der Waals surface area contributed by atoms with Crippen LogP contribution in [-0.4, -0.2) is 40.3 Å². The molecule has 7 nitrogen and oxygen atoms in total. The summed E-state index contributed by atoms with van der Waals surface area (Å²) in [5.41, 5.74) is 1.86. The van der Waals surface area contributed by atoms with Gasteiger partial charge in [-0.1, -0.05) is 36.4 Å². The van der Waals surface area contributed by atoms with Crippen molar-refractivity contribution in [2.24, 2.45) is 0 Å². The van der Waals surface area contributed by atoms with Crippen LogP contribution in [0.2, 0.25) is 0 Å². The van der Waals surface area contributed by atoms with Gasteiger partial charge >= 0.3 is 0 Å². The van der Waals surface area contributed by atoms with Crippen molar-refractivity contribution >= 4 is 58.1 Å². The molecule has 1 atom stereocenters. The molecule has 0 spiro atoms. The highest BCUT2D eigenvalue weighted by atomic mass is 32.2. The van der Waals surface area contributed by atoms with E-state index in [1.165, 1.54) is 23.6 Å². The van der Waals surface area contributed by atoms with Gasteiger partial charge < -0.3 is 10.2 Å². The maximum absolute atomic E-state index is 13.4. The molecule has 0 saturated carbocycles. The molecule has 0 bridgehead atoms. The van der Waals surface area contributed by atoms with Crippen LogP contribution < -0.4 is 10.2 Å². The molecular formula is C25H23N3O4S2. The molecule has 174 valence electrons. The minimum Gasteiger partial charge on any atom is -0.326 e. The molecule has 4 amide bonds. The first-order valence-electron chi connectivity index (χ1n) is 10.7. The summed E-state index contributed by atoms with van der Waals surface area (Å²) in [4.78, 5) is 53.4. The number of benzene rings is 2. The van der Waals surface area contributed by atoms with Crippen molar-refractivity contribution in [1.82, 2.24) is 4.90 Å². The second-order valence-electron chi connectivity index (χ2n) is 7.74.